The molecule has 2 aromatic rings. The molecule has 2 aromatic carbocycles. The molecule has 1 aliphatic carbocycles. The minimum Gasteiger partial charge on any atom is -0.479 e. The van der Waals surface area contributed by atoms with Crippen molar-refractivity contribution in [1.82, 2.24) is 10.6 Å². The van der Waals surface area contributed by atoms with Crippen molar-refractivity contribution in [1.29, 1.82) is 0 Å². The van der Waals surface area contributed by atoms with Gasteiger partial charge in [-0.1, -0.05) is 62.4 Å². The standard InChI is InChI=1S/C25H30N2O6/c1-15(2)20(23(29)26-12-11-22(28)24(30)31)13-27-25(32)33-14-21-18-9-5-3-7-16(18)17-8-4-6-10-19(17)21/h3-10,15,20-22,28H,11-14H2,1-2H3,(H,26,29)(H,27,32)(H,30,31). The molecule has 0 radical (unpaired) electrons. The van der Waals surface area contributed by atoms with Gasteiger partial charge in [-0.2, -0.15) is 0 Å². The molecule has 8 heteroatoms. The fourth-order valence-corrected chi connectivity index (χ4v) is 4.06. The van der Waals surface area contributed by atoms with E-state index in [4.69, 9.17) is 9.84 Å². The highest BCUT2D eigenvalue weighted by atomic mass is 16.5. The number of benzene rings is 2. The fourth-order valence-electron chi connectivity index (χ4n) is 4.06. The monoisotopic (exact) mass is 454 g/mol. The van der Waals surface area contributed by atoms with Gasteiger partial charge in [-0.25, -0.2) is 9.59 Å². The second-order valence-corrected chi connectivity index (χ2v) is 8.49. The summed E-state index contributed by atoms with van der Waals surface area (Å²) >= 11 is 0. The van der Waals surface area contributed by atoms with Gasteiger partial charge in [0, 0.05) is 25.4 Å². The second-order valence-electron chi connectivity index (χ2n) is 8.49. The number of carbonyl (C=O) groups is 3. The molecule has 0 heterocycles. The van der Waals surface area contributed by atoms with Gasteiger partial charge in [-0.05, 0) is 28.2 Å². The molecule has 0 aliphatic heterocycles. The number of aliphatic carboxylic acids is 1. The summed E-state index contributed by atoms with van der Waals surface area (Å²) < 4.78 is 5.51. The summed E-state index contributed by atoms with van der Waals surface area (Å²) in [5, 5.41) is 23.3. The lowest BCUT2D eigenvalue weighted by atomic mass is 9.95. The first-order valence-electron chi connectivity index (χ1n) is 11.1. The number of amides is 2. The molecule has 0 saturated carbocycles. The lowest BCUT2D eigenvalue weighted by Gasteiger charge is -2.21. The number of hydrogen-bond donors (Lipinski definition) is 4. The molecule has 8 nitrogen and oxygen atoms in total. The third-order valence-electron chi connectivity index (χ3n) is 5.95. The topological polar surface area (TPSA) is 125 Å². The van der Waals surface area contributed by atoms with E-state index in [1.807, 2.05) is 50.2 Å². The Bertz CT molecular complexity index is 960. The van der Waals surface area contributed by atoms with Crippen molar-refractivity contribution in [2.75, 3.05) is 19.7 Å². The van der Waals surface area contributed by atoms with Crippen LogP contribution in [-0.2, 0) is 14.3 Å². The number of aliphatic hydroxyl groups is 1. The summed E-state index contributed by atoms with van der Waals surface area (Å²) in [5.41, 5.74) is 4.53. The van der Waals surface area contributed by atoms with Crippen molar-refractivity contribution in [2.24, 2.45) is 11.8 Å². The van der Waals surface area contributed by atoms with Gasteiger partial charge < -0.3 is 25.6 Å². The average molecular weight is 455 g/mol. The third-order valence-corrected chi connectivity index (χ3v) is 5.95. The van der Waals surface area contributed by atoms with Crippen LogP contribution < -0.4 is 10.6 Å². The van der Waals surface area contributed by atoms with Gasteiger partial charge in [0.1, 0.15) is 6.61 Å². The summed E-state index contributed by atoms with van der Waals surface area (Å²) in [7, 11) is 0. The number of rotatable bonds is 10. The minimum atomic E-state index is -1.53. The van der Waals surface area contributed by atoms with Crippen LogP contribution in [0.15, 0.2) is 48.5 Å². The fraction of sp³-hybridized carbons (Fsp3) is 0.400. The predicted octanol–water partition coefficient (Wildman–Crippen LogP) is 2.75. The third kappa shape index (κ3) is 5.90. The molecule has 176 valence electrons. The van der Waals surface area contributed by atoms with Gasteiger partial charge in [0.15, 0.2) is 6.10 Å². The number of hydrogen-bond acceptors (Lipinski definition) is 5. The van der Waals surface area contributed by atoms with Gasteiger partial charge in [-0.15, -0.1) is 0 Å². The van der Waals surface area contributed by atoms with Crippen LogP contribution in [0.2, 0.25) is 0 Å². The summed E-state index contributed by atoms with van der Waals surface area (Å²) in [6, 6.07) is 16.1. The Labute approximate surface area is 193 Å². The molecular formula is C25H30N2O6. The predicted molar refractivity (Wildman–Crippen MR) is 123 cm³/mol. The van der Waals surface area contributed by atoms with Gasteiger partial charge in [0.25, 0.3) is 0 Å². The van der Waals surface area contributed by atoms with Gasteiger partial charge in [0.05, 0.1) is 5.92 Å². The first-order valence-corrected chi connectivity index (χ1v) is 11.1. The second kappa shape index (κ2) is 11.0. The van der Waals surface area contributed by atoms with Crippen molar-refractivity contribution in [3.63, 3.8) is 0 Å². The van der Waals surface area contributed by atoms with Crippen LogP contribution in [0, 0.1) is 11.8 Å². The zero-order chi connectivity index (χ0) is 24.0. The zero-order valence-corrected chi connectivity index (χ0v) is 18.8. The Kier molecular flexibility index (Phi) is 8.06. The lowest BCUT2D eigenvalue weighted by molar-refractivity contribution is -0.147. The molecule has 0 spiro atoms. The SMILES string of the molecule is CC(C)C(CNC(=O)OCC1c2ccccc2-c2ccccc21)C(=O)NCCC(O)C(=O)O. The van der Waals surface area contributed by atoms with Crippen LogP contribution >= 0.6 is 0 Å². The van der Waals surface area contributed by atoms with Gasteiger partial charge >= 0.3 is 12.1 Å². The summed E-state index contributed by atoms with van der Waals surface area (Å²) in [5.74, 6) is -2.29. The van der Waals surface area contributed by atoms with Crippen LogP contribution in [0.25, 0.3) is 11.1 Å². The van der Waals surface area contributed by atoms with Gasteiger partial charge in [-0.3, -0.25) is 4.79 Å². The zero-order valence-electron chi connectivity index (χ0n) is 18.8. The van der Waals surface area contributed by atoms with E-state index >= 15 is 0 Å². The van der Waals surface area contributed by atoms with Crippen LogP contribution in [0.3, 0.4) is 0 Å². The van der Waals surface area contributed by atoms with Crippen molar-refractivity contribution in [2.45, 2.75) is 32.3 Å². The van der Waals surface area contributed by atoms with E-state index in [0.29, 0.717) is 0 Å². The molecule has 2 unspecified atom stereocenters. The first-order chi connectivity index (χ1) is 15.8. The molecular weight excluding hydrogens is 424 g/mol. The number of nitrogens with one attached hydrogen (secondary N) is 2. The Morgan fingerprint density at radius 2 is 1.55 bits per heavy atom. The highest BCUT2D eigenvalue weighted by molar-refractivity contribution is 5.80. The maximum atomic E-state index is 12.5. The minimum absolute atomic E-state index is 0.0282. The Hall–Kier alpha value is -3.39. The smallest absolute Gasteiger partial charge is 0.407 e. The van der Waals surface area contributed by atoms with Crippen molar-refractivity contribution in [3.05, 3.63) is 59.7 Å². The van der Waals surface area contributed by atoms with Crippen LogP contribution in [0.4, 0.5) is 4.79 Å². The normalized spacial score (nSPS) is 14.2. The largest absolute Gasteiger partial charge is 0.479 e. The summed E-state index contributed by atoms with van der Waals surface area (Å²) in [6.45, 7) is 4.01. The molecule has 2 amide bonds. The molecule has 0 bridgehead atoms. The van der Waals surface area contributed by atoms with Crippen molar-refractivity contribution in [3.8, 4) is 11.1 Å². The lowest BCUT2D eigenvalue weighted by Crippen LogP contribution is -2.42. The number of fused-ring (bicyclic) bond motifs is 3. The Balaban J connectivity index is 1.52. The molecule has 33 heavy (non-hydrogen) atoms. The van der Waals surface area contributed by atoms with E-state index < -0.39 is 24.1 Å². The molecule has 2 atom stereocenters. The first kappa shape index (κ1) is 24.3. The summed E-state index contributed by atoms with van der Waals surface area (Å²) in [6.07, 6.45) is -2.22. The van der Waals surface area contributed by atoms with Gasteiger partial charge in [0.2, 0.25) is 5.91 Å². The Morgan fingerprint density at radius 1 is 0.970 bits per heavy atom. The van der Waals surface area contributed by atoms with E-state index in [0.717, 1.165) is 22.3 Å². The van der Waals surface area contributed by atoms with E-state index in [-0.39, 0.29) is 43.9 Å². The van der Waals surface area contributed by atoms with E-state index in [9.17, 15) is 19.5 Å². The van der Waals surface area contributed by atoms with E-state index in [1.54, 1.807) is 0 Å². The number of carboxylic acids is 1. The number of alkyl carbamates (subject to hydrolysis) is 1. The Morgan fingerprint density at radius 3 is 2.09 bits per heavy atom. The molecule has 0 fully saturated rings. The maximum Gasteiger partial charge on any atom is 0.407 e. The maximum absolute atomic E-state index is 12.5. The molecule has 3 rings (SSSR count). The molecule has 0 saturated heterocycles. The highest BCUT2D eigenvalue weighted by Crippen LogP contribution is 2.44. The van der Waals surface area contributed by atoms with E-state index in [1.165, 1.54) is 0 Å². The van der Waals surface area contributed by atoms with Crippen LogP contribution in [0.5, 0.6) is 0 Å². The van der Waals surface area contributed by atoms with Crippen LogP contribution in [0.1, 0.15) is 37.3 Å². The van der Waals surface area contributed by atoms with Crippen molar-refractivity contribution < 1.29 is 29.3 Å². The number of aliphatic hydroxyl groups excluding tert-OH is 1. The average Bonchev–Trinajstić information content (AvgIpc) is 3.11. The number of ether oxygens (including phenoxy) is 1. The van der Waals surface area contributed by atoms with Crippen LogP contribution in [-0.4, -0.2) is 54.0 Å². The molecule has 1 aliphatic rings. The molecule has 0 aromatic heterocycles. The quantitative estimate of drug-likeness (QED) is 0.438. The highest BCUT2D eigenvalue weighted by Gasteiger charge is 2.29. The molecule has 4 N–H and O–H groups in total. The number of carbonyl (C=O) groups excluding carboxylic acids is 2. The van der Waals surface area contributed by atoms with E-state index in [2.05, 4.69) is 22.8 Å². The van der Waals surface area contributed by atoms with Crippen molar-refractivity contribution >= 4 is 18.0 Å². The summed E-state index contributed by atoms with van der Waals surface area (Å²) in [4.78, 5) is 35.5. The number of carboxylic acid groups (broad SMARTS) is 1.